The summed E-state index contributed by atoms with van der Waals surface area (Å²) >= 11 is 0. The van der Waals surface area contributed by atoms with E-state index in [2.05, 4.69) is 11.1 Å². The predicted molar refractivity (Wildman–Crippen MR) is 171 cm³/mol. The number of aromatic nitrogens is 1. The second-order valence-electron chi connectivity index (χ2n) is 10.9. The molecule has 1 aliphatic rings. The van der Waals surface area contributed by atoms with Gasteiger partial charge in [0.1, 0.15) is 30.5 Å². The monoisotopic (exact) mass is 596 g/mol. The Balaban J connectivity index is 1.28. The fourth-order valence-corrected chi connectivity index (χ4v) is 5.39. The number of likely N-dealkylation sites (tertiary alicyclic amines) is 1. The van der Waals surface area contributed by atoms with Crippen molar-refractivity contribution in [2.24, 2.45) is 0 Å². The van der Waals surface area contributed by atoms with Gasteiger partial charge in [-0.2, -0.15) is 0 Å². The molecule has 1 atom stereocenters. The van der Waals surface area contributed by atoms with E-state index in [9.17, 15) is 14.7 Å². The van der Waals surface area contributed by atoms with E-state index in [1.165, 1.54) is 4.90 Å². The Morgan fingerprint density at radius 1 is 0.733 bits per heavy atom. The predicted octanol–water partition coefficient (Wildman–Crippen LogP) is 7.17. The molecule has 1 aromatic heterocycles. The largest absolute Gasteiger partial charge is 0.507 e. The zero-order chi connectivity index (χ0) is 31.2. The average molecular weight is 597 g/mol. The van der Waals surface area contributed by atoms with E-state index in [1.54, 1.807) is 48.8 Å². The van der Waals surface area contributed by atoms with Crippen molar-refractivity contribution in [1.82, 2.24) is 9.88 Å². The Morgan fingerprint density at radius 3 is 2.02 bits per heavy atom. The maximum atomic E-state index is 13.5. The smallest absolute Gasteiger partial charge is 0.295 e. The van der Waals surface area contributed by atoms with E-state index in [-0.39, 0.29) is 17.9 Å². The van der Waals surface area contributed by atoms with Gasteiger partial charge in [0.15, 0.2) is 0 Å². The number of ether oxygens (including phenoxy) is 2. The van der Waals surface area contributed by atoms with Gasteiger partial charge >= 0.3 is 0 Å². The van der Waals surface area contributed by atoms with Gasteiger partial charge in [0.05, 0.1) is 11.6 Å². The van der Waals surface area contributed by atoms with Crippen LogP contribution in [-0.2, 0) is 29.3 Å². The molecule has 6 rings (SSSR count). The van der Waals surface area contributed by atoms with E-state index >= 15 is 0 Å². The van der Waals surface area contributed by atoms with Crippen LogP contribution in [-0.4, -0.2) is 26.7 Å². The third kappa shape index (κ3) is 6.78. The lowest BCUT2D eigenvalue weighted by Gasteiger charge is -2.25. The lowest BCUT2D eigenvalue weighted by atomic mass is 9.95. The Labute approximate surface area is 262 Å². The van der Waals surface area contributed by atoms with Crippen molar-refractivity contribution in [2.45, 2.75) is 32.7 Å². The molecule has 7 heteroatoms. The minimum atomic E-state index is -0.807. The summed E-state index contributed by atoms with van der Waals surface area (Å²) in [4.78, 5) is 32.5. The summed E-state index contributed by atoms with van der Waals surface area (Å²) in [5, 5.41) is 11.5. The molecule has 0 spiro atoms. The van der Waals surface area contributed by atoms with E-state index in [4.69, 9.17) is 9.47 Å². The van der Waals surface area contributed by atoms with E-state index in [0.717, 1.165) is 22.3 Å². The first kappa shape index (κ1) is 29.4. The standard InChI is InChI=1S/C38H32N2O5/c1-26-6-5-9-29(22-26)25-45-33-16-12-31(13-17-33)36(41)34-35(40(38(43)37(34)42)23-27-18-20-39-21-19-27)30-10-14-32(15-11-30)44-24-28-7-3-2-4-8-28/h2-22,35,41H,23-25H2,1H3/b36-34+. The number of nitrogens with zero attached hydrogens (tertiary/aromatic N) is 2. The molecule has 0 bridgehead atoms. The van der Waals surface area contributed by atoms with E-state index in [1.807, 2.05) is 79.7 Å². The van der Waals surface area contributed by atoms with Crippen LogP contribution in [0.1, 0.15) is 39.4 Å². The van der Waals surface area contributed by atoms with Crippen LogP contribution in [0.2, 0.25) is 0 Å². The fourth-order valence-electron chi connectivity index (χ4n) is 5.39. The third-order valence-corrected chi connectivity index (χ3v) is 7.70. The van der Waals surface area contributed by atoms with Gasteiger partial charge in [-0.05, 0) is 77.7 Å². The third-order valence-electron chi connectivity index (χ3n) is 7.70. The van der Waals surface area contributed by atoms with Crippen LogP contribution in [0.25, 0.3) is 5.76 Å². The van der Waals surface area contributed by atoms with Gasteiger partial charge in [-0.25, -0.2) is 0 Å². The molecule has 1 unspecified atom stereocenters. The number of carbonyl (C=O) groups excluding carboxylic acids is 2. The summed E-state index contributed by atoms with van der Waals surface area (Å²) < 4.78 is 11.9. The highest BCUT2D eigenvalue weighted by atomic mass is 16.5. The lowest BCUT2D eigenvalue weighted by molar-refractivity contribution is -0.140. The van der Waals surface area contributed by atoms with Crippen LogP contribution in [0, 0.1) is 6.92 Å². The minimum absolute atomic E-state index is 0.0282. The van der Waals surface area contributed by atoms with Crippen molar-refractivity contribution < 1.29 is 24.2 Å². The van der Waals surface area contributed by atoms with Crippen LogP contribution < -0.4 is 9.47 Å². The summed E-state index contributed by atoms with van der Waals surface area (Å²) in [5.41, 5.74) is 5.17. The van der Waals surface area contributed by atoms with Crippen LogP contribution in [0.5, 0.6) is 11.5 Å². The van der Waals surface area contributed by atoms with Crippen molar-refractivity contribution in [3.05, 3.63) is 167 Å². The molecule has 45 heavy (non-hydrogen) atoms. The SMILES string of the molecule is Cc1cccc(COc2ccc(/C(O)=C3\C(=O)C(=O)N(Cc4ccncc4)C3c3ccc(OCc4ccccc4)cc3)cc2)c1. The van der Waals surface area contributed by atoms with Crippen molar-refractivity contribution in [3.8, 4) is 11.5 Å². The Hall–Kier alpha value is -5.69. The number of rotatable bonds is 10. The number of amides is 1. The van der Waals surface area contributed by atoms with Crippen LogP contribution >= 0.6 is 0 Å². The number of aliphatic hydroxyl groups excluding tert-OH is 1. The average Bonchev–Trinajstić information content (AvgIpc) is 3.32. The van der Waals surface area contributed by atoms with Crippen molar-refractivity contribution in [1.29, 1.82) is 0 Å². The van der Waals surface area contributed by atoms with Crippen molar-refractivity contribution >= 4 is 17.4 Å². The van der Waals surface area contributed by atoms with Crippen LogP contribution in [0.15, 0.2) is 133 Å². The molecule has 2 heterocycles. The first-order valence-corrected chi connectivity index (χ1v) is 14.7. The number of aliphatic hydroxyl groups is 1. The fraction of sp³-hybridized carbons (Fsp3) is 0.132. The molecule has 1 N–H and O–H groups in total. The summed E-state index contributed by atoms with van der Waals surface area (Å²) in [6.45, 7) is 3.01. The molecule has 0 saturated carbocycles. The number of hydrogen-bond acceptors (Lipinski definition) is 6. The lowest BCUT2D eigenvalue weighted by Crippen LogP contribution is -2.29. The van der Waals surface area contributed by atoms with Gasteiger partial charge in [-0.3, -0.25) is 14.6 Å². The molecule has 1 amide bonds. The highest BCUT2D eigenvalue weighted by molar-refractivity contribution is 6.46. The van der Waals surface area contributed by atoms with Crippen molar-refractivity contribution in [3.63, 3.8) is 0 Å². The first-order chi connectivity index (χ1) is 22.0. The molecule has 5 aromatic rings. The highest BCUT2D eigenvalue weighted by Gasteiger charge is 2.46. The zero-order valence-electron chi connectivity index (χ0n) is 24.8. The second-order valence-corrected chi connectivity index (χ2v) is 10.9. The maximum absolute atomic E-state index is 13.5. The summed E-state index contributed by atoms with van der Waals surface area (Å²) in [6, 6.07) is 34.9. The molecule has 224 valence electrons. The van der Waals surface area contributed by atoms with Gasteiger partial charge in [-0.15, -0.1) is 0 Å². The summed E-state index contributed by atoms with van der Waals surface area (Å²) in [6.07, 6.45) is 3.28. The number of ketones is 1. The number of carbonyl (C=O) groups is 2. The molecule has 1 saturated heterocycles. The molecular formula is C38H32N2O5. The van der Waals surface area contributed by atoms with Gasteiger partial charge in [0.2, 0.25) is 0 Å². The summed E-state index contributed by atoms with van der Waals surface area (Å²) in [7, 11) is 0. The number of pyridine rings is 1. The van der Waals surface area contributed by atoms with Gasteiger partial charge in [0, 0.05) is 24.5 Å². The van der Waals surface area contributed by atoms with E-state index < -0.39 is 17.7 Å². The summed E-state index contributed by atoms with van der Waals surface area (Å²) in [5.74, 6) is -0.398. The van der Waals surface area contributed by atoms with Gasteiger partial charge < -0.3 is 19.5 Å². The van der Waals surface area contributed by atoms with Crippen molar-refractivity contribution in [2.75, 3.05) is 0 Å². The number of aryl methyl sites for hydroxylation is 1. The maximum Gasteiger partial charge on any atom is 0.295 e. The van der Waals surface area contributed by atoms with Gasteiger partial charge in [0.25, 0.3) is 11.7 Å². The topological polar surface area (TPSA) is 89.0 Å². The zero-order valence-corrected chi connectivity index (χ0v) is 24.8. The van der Waals surface area contributed by atoms with E-state index in [0.29, 0.717) is 35.8 Å². The number of benzene rings is 4. The second kappa shape index (κ2) is 13.3. The first-order valence-electron chi connectivity index (χ1n) is 14.7. The molecule has 1 aliphatic heterocycles. The molecule has 7 nitrogen and oxygen atoms in total. The Kier molecular flexibility index (Phi) is 8.69. The minimum Gasteiger partial charge on any atom is -0.507 e. The van der Waals surface area contributed by atoms with Crippen LogP contribution in [0.4, 0.5) is 0 Å². The number of hydrogen-bond donors (Lipinski definition) is 1. The highest BCUT2D eigenvalue weighted by Crippen LogP contribution is 2.41. The molecule has 0 aliphatic carbocycles. The quantitative estimate of drug-likeness (QED) is 0.104. The number of Topliss-reactive ketones (excluding diaryl/α,β-unsaturated/α-hetero) is 1. The Bertz CT molecular complexity index is 1820. The molecule has 1 fully saturated rings. The van der Waals surface area contributed by atoms with Gasteiger partial charge in [-0.1, -0.05) is 72.3 Å². The molecule has 0 radical (unpaired) electrons. The Morgan fingerprint density at radius 2 is 1.36 bits per heavy atom. The normalized spacial score (nSPS) is 15.7. The molecular weight excluding hydrogens is 564 g/mol. The van der Waals surface area contributed by atoms with Crippen LogP contribution in [0.3, 0.4) is 0 Å². The molecule has 4 aromatic carbocycles.